The monoisotopic (exact) mass is 445 g/mol. The van der Waals surface area contributed by atoms with Gasteiger partial charge in [-0.25, -0.2) is 0 Å². The highest BCUT2D eigenvalue weighted by atomic mass is 32.1. The van der Waals surface area contributed by atoms with Gasteiger partial charge < -0.3 is 29.6 Å². The Labute approximate surface area is 184 Å². The van der Waals surface area contributed by atoms with Crippen LogP contribution in [0.15, 0.2) is 0 Å². The van der Waals surface area contributed by atoms with Crippen LogP contribution in [0.5, 0.6) is 0 Å². The molecule has 0 amide bonds. The van der Waals surface area contributed by atoms with E-state index < -0.39 is 8.80 Å². The van der Waals surface area contributed by atoms with Gasteiger partial charge in [-0.2, -0.15) is 0 Å². The third kappa shape index (κ3) is 6.14. The number of nitrogens with one attached hydrogen (secondary N) is 2. The molecule has 0 aromatic heterocycles. The number of rotatable bonds is 10. The SMILES string of the molecule is C[C@@H]1O[Si]2(CCCNC(=S)NCCCCCCN)OC(C)(C)[C@H](C)[C@@](C)(O2)[C@@H]1C. The Balaban J connectivity index is 1.78. The summed E-state index contributed by atoms with van der Waals surface area (Å²) >= 11 is 5.39. The third-order valence-corrected chi connectivity index (χ3v) is 10.6. The number of hydrogen-bond acceptors (Lipinski definition) is 5. The number of fused-ring (bicyclic) bond motifs is 2. The molecule has 29 heavy (non-hydrogen) atoms. The minimum Gasteiger partial charge on any atom is -0.370 e. The molecule has 4 N–H and O–H groups in total. The van der Waals surface area contributed by atoms with Crippen LogP contribution in [0.25, 0.3) is 0 Å². The normalized spacial score (nSPS) is 35.9. The Morgan fingerprint density at radius 1 is 0.966 bits per heavy atom. The van der Waals surface area contributed by atoms with Gasteiger partial charge >= 0.3 is 8.80 Å². The Hall–Kier alpha value is -0.253. The minimum atomic E-state index is -2.72. The van der Waals surface area contributed by atoms with E-state index in [1.807, 2.05) is 0 Å². The summed E-state index contributed by atoms with van der Waals surface area (Å²) in [5.41, 5.74) is 5.06. The van der Waals surface area contributed by atoms with E-state index >= 15 is 0 Å². The summed E-state index contributed by atoms with van der Waals surface area (Å²) in [5, 5.41) is 7.32. The van der Waals surface area contributed by atoms with Gasteiger partial charge in [0.25, 0.3) is 0 Å². The van der Waals surface area contributed by atoms with Crippen LogP contribution in [0.4, 0.5) is 0 Å². The zero-order valence-electron chi connectivity index (χ0n) is 19.3. The molecule has 5 atom stereocenters. The first-order valence-corrected chi connectivity index (χ1v) is 13.7. The van der Waals surface area contributed by atoms with Gasteiger partial charge in [0, 0.05) is 31.0 Å². The predicted octanol–water partition coefficient (Wildman–Crippen LogP) is 3.57. The van der Waals surface area contributed by atoms with Crippen LogP contribution >= 0.6 is 12.2 Å². The maximum absolute atomic E-state index is 6.66. The fraction of sp³-hybridized carbons (Fsp3) is 0.952. The molecule has 2 aliphatic heterocycles. The van der Waals surface area contributed by atoms with E-state index in [4.69, 9.17) is 31.2 Å². The fourth-order valence-corrected chi connectivity index (χ4v) is 8.62. The minimum absolute atomic E-state index is 0.147. The van der Waals surface area contributed by atoms with Crippen LogP contribution in [-0.2, 0) is 13.3 Å². The maximum Gasteiger partial charge on any atom is 0.502 e. The Bertz CT molecular complexity index is 553. The van der Waals surface area contributed by atoms with Gasteiger partial charge in [0.1, 0.15) is 0 Å². The zero-order chi connectivity index (χ0) is 21.7. The van der Waals surface area contributed by atoms with Crippen molar-refractivity contribution in [1.82, 2.24) is 10.6 Å². The van der Waals surface area contributed by atoms with Gasteiger partial charge in [0.15, 0.2) is 5.11 Å². The van der Waals surface area contributed by atoms with E-state index in [1.165, 1.54) is 12.8 Å². The summed E-state index contributed by atoms with van der Waals surface area (Å²) in [6, 6.07) is 0.810. The molecule has 2 aliphatic rings. The number of hydrogen-bond donors (Lipinski definition) is 3. The number of unbranched alkanes of at least 4 members (excludes halogenated alkanes) is 3. The van der Waals surface area contributed by atoms with E-state index in [1.54, 1.807) is 0 Å². The van der Waals surface area contributed by atoms with Crippen molar-refractivity contribution < 1.29 is 13.3 Å². The first-order valence-electron chi connectivity index (χ1n) is 11.4. The molecular formula is C21H43N3O3SSi. The van der Waals surface area contributed by atoms with Crippen molar-refractivity contribution in [3.63, 3.8) is 0 Å². The largest absolute Gasteiger partial charge is 0.502 e. The highest BCUT2D eigenvalue weighted by Gasteiger charge is 2.65. The molecule has 0 spiro atoms. The summed E-state index contributed by atoms with van der Waals surface area (Å²) in [7, 11) is -2.72. The summed E-state index contributed by atoms with van der Waals surface area (Å²) < 4.78 is 19.6. The summed E-state index contributed by atoms with van der Waals surface area (Å²) in [6.45, 7) is 15.7. The van der Waals surface area contributed by atoms with E-state index in [2.05, 4.69) is 52.2 Å². The first-order chi connectivity index (χ1) is 13.6. The van der Waals surface area contributed by atoms with Crippen LogP contribution in [0.3, 0.4) is 0 Å². The van der Waals surface area contributed by atoms with Crippen LogP contribution in [0.2, 0.25) is 6.04 Å². The van der Waals surface area contributed by atoms with Gasteiger partial charge in [-0.1, -0.05) is 26.7 Å². The van der Waals surface area contributed by atoms with Crippen molar-refractivity contribution in [3.8, 4) is 0 Å². The van der Waals surface area contributed by atoms with E-state index in [0.29, 0.717) is 11.8 Å². The molecule has 2 heterocycles. The van der Waals surface area contributed by atoms with Crippen LogP contribution in [0, 0.1) is 11.8 Å². The van der Waals surface area contributed by atoms with Crippen LogP contribution in [-0.4, -0.2) is 50.9 Å². The van der Waals surface area contributed by atoms with Gasteiger partial charge in [-0.3, -0.25) is 0 Å². The van der Waals surface area contributed by atoms with Crippen molar-refractivity contribution >= 4 is 26.1 Å². The zero-order valence-corrected chi connectivity index (χ0v) is 21.1. The van der Waals surface area contributed by atoms with Crippen molar-refractivity contribution in [2.75, 3.05) is 19.6 Å². The highest BCUT2D eigenvalue weighted by molar-refractivity contribution is 7.80. The molecule has 1 unspecified atom stereocenters. The average Bonchev–Trinajstić information content (AvgIpc) is 2.64. The van der Waals surface area contributed by atoms with Gasteiger partial charge in [-0.05, 0) is 65.7 Å². The molecule has 170 valence electrons. The molecule has 2 saturated heterocycles. The highest BCUT2D eigenvalue weighted by Crippen LogP contribution is 2.52. The maximum atomic E-state index is 6.66. The Morgan fingerprint density at radius 2 is 1.59 bits per heavy atom. The molecule has 8 heteroatoms. The van der Waals surface area contributed by atoms with Crippen LogP contribution < -0.4 is 16.4 Å². The third-order valence-electron chi connectivity index (χ3n) is 7.03. The molecule has 0 aliphatic carbocycles. The fourth-order valence-electron chi connectivity index (χ4n) is 4.57. The second-order valence-corrected chi connectivity index (χ2v) is 12.4. The summed E-state index contributed by atoms with van der Waals surface area (Å²) in [5.74, 6) is 0.637. The standard InChI is InChI=1S/C21H43N3O3SSi/c1-16-17(2)25-29(26-20(4,5)18(3)21(16,6)27-29)15-11-14-24-19(28)23-13-10-8-7-9-12-22/h16-18H,7-15,22H2,1-6H3,(H2,23,24,28)/t16-,17+,18+,21+,29?/m1/s1. The van der Waals surface area contributed by atoms with Crippen molar-refractivity contribution in [2.24, 2.45) is 17.6 Å². The van der Waals surface area contributed by atoms with Gasteiger partial charge in [-0.15, -0.1) is 0 Å². The van der Waals surface area contributed by atoms with E-state index in [9.17, 15) is 0 Å². The van der Waals surface area contributed by atoms with Crippen molar-refractivity contribution in [1.29, 1.82) is 0 Å². The molecular weight excluding hydrogens is 402 g/mol. The molecule has 0 radical (unpaired) electrons. The van der Waals surface area contributed by atoms with Gasteiger partial charge in [0.05, 0.1) is 17.3 Å². The molecule has 0 aromatic rings. The molecule has 6 nitrogen and oxygen atoms in total. The van der Waals surface area contributed by atoms with E-state index in [-0.39, 0.29) is 17.3 Å². The number of nitrogens with two attached hydrogens (primary N) is 1. The topological polar surface area (TPSA) is 77.8 Å². The summed E-state index contributed by atoms with van der Waals surface area (Å²) in [6.07, 6.45) is 5.66. The van der Waals surface area contributed by atoms with Crippen molar-refractivity contribution in [3.05, 3.63) is 0 Å². The quantitative estimate of drug-likeness (QED) is 0.269. The smallest absolute Gasteiger partial charge is 0.370 e. The molecule has 2 bridgehead atoms. The average molecular weight is 446 g/mol. The number of thiocarbonyl (C=S) groups is 1. The molecule has 0 aromatic carbocycles. The first kappa shape index (κ1) is 25.0. The lowest BCUT2D eigenvalue weighted by Crippen LogP contribution is -2.73. The van der Waals surface area contributed by atoms with Gasteiger partial charge in [0.2, 0.25) is 0 Å². The molecule has 2 rings (SSSR count). The summed E-state index contributed by atoms with van der Waals surface area (Å²) in [4.78, 5) is 0. The second-order valence-electron chi connectivity index (χ2n) is 9.50. The van der Waals surface area contributed by atoms with Crippen LogP contribution in [0.1, 0.15) is 73.6 Å². The Morgan fingerprint density at radius 3 is 2.24 bits per heavy atom. The Kier molecular flexibility index (Phi) is 8.95. The molecule has 0 saturated carbocycles. The van der Waals surface area contributed by atoms with Crippen molar-refractivity contribution in [2.45, 2.75) is 97.0 Å². The molecule has 2 fully saturated rings. The second kappa shape index (κ2) is 10.4. The lowest BCUT2D eigenvalue weighted by atomic mass is 9.71. The lowest BCUT2D eigenvalue weighted by Gasteiger charge is -2.62. The van der Waals surface area contributed by atoms with E-state index in [0.717, 1.165) is 50.1 Å². The predicted molar refractivity (Wildman–Crippen MR) is 125 cm³/mol. The lowest BCUT2D eigenvalue weighted by molar-refractivity contribution is -0.242.